The monoisotopic (exact) mass is 398 g/mol. The van der Waals surface area contributed by atoms with Gasteiger partial charge < -0.3 is 4.98 Å². The molecular formula is C23H24F2N2O2. The molecule has 0 bridgehead atoms. The normalized spacial score (nSPS) is 24.0. The highest BCUT2D eigenvalue weighted by atomic mass is 19.1. The lowest BCUT2D eigenvalue weighted by Gasteiger charge is -2.33. The van der Waals surface area contributed by atoms with Crippen LogP contribution in [0.1, 0.15) is 54.8 Å². The van der Waals surface area contributed by atoms with Crippen molar-refractivity contribution >= 4 is 0 Å². The Balaban J connectivity index is 1.57. The van der Waals surface area contributed by atoms with E-state index in [0.717, 1.165) is 38.2 Å². The lowest BCUT2D eigenvalue weighted by molar-refractivity contribution is 0.262. The summed E-state index contributed by atoms with van der Waals surface area (Å²) in [5.41, 5.74) is 0.142. The molecule has 1 atom stereocenters. The summed E-state index contributed by atoms with van der Waals surface area (Å²) in [7, 11) is 0. The first-order valence-corrected chi connectivity index (χ1v) is 10.1. The second kappa shape index (κ2) is 8.31. The Morgan fingerprint density at radius 2 is 1.79 bits per heavy atom. The number of halogens is 2. The second-order valence-electron chi connectivity index (χ2n) is 8.04. The third-order valence-electron chi connectivity index (χ3n) is 6.26. The zero-order chi connectivity index (χ0) is 20.4. The maximum Gasteiger partial charge on any atom is 0.325 e. The average Bonchev–Trinajstić information content (AvgIpc) is 2.72. The van der Waals surface area contributed by atoms with Gasteiger partial charge in [-0.15, -0.1) is 0 Å². The van der Waals surface area contributed by atoms with Crippen molar-refractivity contribution in [2.24, 2.45) is 11.8 Å². The van der Waals surface area contributed by atoms with Crippen LogP contribution >= 0.6 is 0 Å². The van der Waals surface area contributed by atoms with Crippen molar-refractivity contribution in [3.05, 3.63) is 91.8 Å². The van der Waals surface area contributed by atoms with Gasteiger partial charge in [0.1, 0.15) is 11.6 Å². The molecular weight excluding hydrogens is 374 g/mol. The van der Waals surface area contributed by atoms with Gasteiger partial charge in [-0.3, -0.25) is 9.78 Å². The molecule has 4 rings (SSSR count). The molecule has 0 saturated heterocycles. The molecule has 4 nitrogen and oxygen atoms in total. The minimum absolute atomic E-state index is 0.0175. The maximum absolute atomic E-state index is 14.1. The number of benzene rings is 1. The van der Waals surface area contributed by atoms with E-state index in [1.807, 2.05) is 0 Å². The number of hydrogen-bond acceptors (Lipinski definition) is 2. The molecule has 0 radical (unpaired) electrons. The molecule has 1 saturated carbocycles. The zero-order valence-electron chi connectivity index (χ0n) is 16.1. The summed E-state index contributed by atoms with van der Waals surface area (Å²) in [6.07, 6.45) is 13.5. The molecule has 1 fully saturated rings. The summed E-state index contributed by atoms with van der Waals surface area (Å²) < 4.78 is 27.4. The van der Waals surface area contributed by atoms with E-state index in [9.17, 15) is 18.4 Å². The van der Waals surface area contributed by atoms with Crippen molar-refractivity contribution in [2.45, 2.75) is 44.4 Å². The Morgan fingerprint density at radius 3 is 2.48 bits per heavy atom. The summed E-state index contributed by atoms with van der Waals surface area (Å²) in [5.74, 6) is -0.150. The molecule has 1 aromatic heterocycles. The largest absolute Gasteiger partial charge is 0.325 e. The van der Waals surface area contributed by atoms with Gasteiger partial charge >= 0.3 is 5.69 Å². The molecule has 2 aromatic rings. The first-order chi connectivity index (χ1) is 14.0. The molecule has 0 spiro atoms. The zero-order valence-corrected chi connectivity index (χ0v) is 16.1. The lowest BCUT2D eigenvalue weighted by Crippen LogP contribution is -2.31. The van der Waals surface area contributed by atoms with Crippen molar-refractivity contribution in [3.63, 3.8) is 0 Å². The summed E-state index contributed by atoms with van der Waals surface area (Å²) in [4.78, 5) is 29.5. The fourth-order valence-corrected chi connectivity index (χ4v) is 4.69. The first kappa shape index (κ1) is 19.6. The summed E-state index contributed by atoms with van der Waals surface area (Å²) in [5, 5.41) is 0. The number of hydrogen-bond donors (Lipinski definition) is 2. The van der Waals surface area contributed by atoms with Gasteiger partial charge in [-0.05, 0) is 61.5 Å². The Bertz CT molecular complexity index is 1060. The maximum atomic E-state index is 14.1. The van der Waals surface area contributed by atoms with Crippen LogP contribution in [0.3, 0.4) is 0 Å². The third-order valence-corrected chi connectivity index (χ3v) is 6.26. The predicted octanol–water partition coefficient (Wildman–Crippen LogP) is 4.34. The SMILES string of the molecule is O=c1[nH]c(=O)c(Cc2ccc(F)cc2F)c([C@H]2CC[C@H](C3C=CC=CC3)CC2)[nH]1. The second-order valence-corrected chi connectivity index (χ2v) is 8.04. The number of rotatable bonds is 4. The van der Waals surface area contributed by atoms with E-state index >= 15 is 0 Å². The van der Waals surface area contributed by atoms with E-state index in [-0.39, 0.29) is 17.9 Å². The van der Waals surface area contributed by atoms with Crippen LogP contribution < -0.4 is 11.2 Å². The lowest BCUT2D eigenvalue weighted by atomic mass is 9.72. The van der Waals surface area contributed by atoms with Crippen molar-refractivity contribution < 1.29 is 8.78 Å². The van der Waals surface area contributed by atoms with E-state index < -0.39 is 22.9 Å². The summed E-state index contributed by atoms with van der Waals surface area (Å²) in [6, 6.07) is 3.33. The molecule has 1 heterocycles. The van der Waals surface area contributed by atoms with E-state index in [1.54, 1.807) is 0 Å². The molecule has 2 N–H and O–H groups in total. The number of H-pyrrole nitrogens is 2. The Kier molecular flexibility index (Phi) is 5.60. The van der Waals surface area contributed by atoms with Gasteiger partial charge in [-0.25, -0.2) is 13.6 Å². The minimum Gasteiger partial charge on any atom is -0.311 e. The number of allylic oxidation sites excluding steroid dienone is 4. The highest BCUT2D eigenvalue weighted by Gasteiger charge is 2.29. The number of nitrogens with one attached hydrogen (secondary N) is 2. The molecule has 152 valence electrons. The summed E-state index contributed by atoms with van der Waals surface area (Å²) >= 11 is 0. The van der Waals surface area contributed by atoms with Crippen LogP contribution in [0.25, 0.3) is 0 Å². The average molecular weight is 398 g/mol. The van der Waals surface area contributed by atoms with Crippen LogP contribution in [-0.2, 0) is 6.42 Å². The van der Waals surface area contributed by atoms with E-state index in [2.05, 4.69) is 34.3 Å². The number of aromatic nitrogens is 2. The Morgan fingerprint density at radius 1 is 1.00 bits per heavy atom. The molecule has 6 heteroatoms. The quantitative estimate of drug-likeness (QED) is 0.805. The molecule has 0 amide bonds. The van der Waals surface area contributed by atoms with E-state index in [1.165, 1.54) is 12.1 Å². The van der Waals surface area contributed by atoms with Crippen LogP contribution in [0.2, 0.25) is 0 Å². The van der Waals surface area contributed by atoms with Crippen LogP contribution in [-0.4, -0.2) is 9.97 Å². The van der Waals surface area contributed by atoms with Crippen molar-refractivity contribution in [1.82, 2.24) is 9.97 Å². The third kappa shape index (κ3) is 4.31. The fourth-order valence-electron chi connectivity index (χ4n) is 4.69. The standard InChI is InChI=1S/C23H24F2N2O2/c24-18-11-10-17(20(25)13-18)12-19-21(26-23(29)27-22(19)28)16-8-6-15(7-9-16)14-4-2-1-3-5-14/h1-4,10-11,13-16H,5-9,12H2,(H2,26,27,28,29)/t14?,15-,16-. The van der Waals surface area contributed by atoms with E-state index in [4.69, 9.17) is 0 Å². The van der Waals surface area contributed by atoms with Gasteiger partial charge in [0.05, 0.1) is 0 Å². The molecule has 2 aliphatic rings. The van der Waals surface area contributed by atoms with Gasteiger partial charge in [-0.1, -0.05) is 30.4 Å². The van der Waals surface area contributed by atoms with Gasteiger partial charge in [0, 0.05) is 23.7 Å². The van der Waals surface area contributed by atoms with Gasteiger partial charge in [-0.2, -0.15) is 0 Å². The summed E-state index contributed by atoms with van der Waals surface area (Å²) in [6.45, 7) is 0. The van der Waals surface area contributed by atoms with Crippen LogP contribution in [0.4, 0.5) is 8.78 Å². The molecule has 29 heavy (non-hydrogen) atoms. The van der Waals surface area contributed by atoms with Crippen molar-refractivity contribution in [3.8, 4) is 0 Å². The minimum atomic E-state index is -0.692. The Hall–Kier alpha value is -2.76. The molecule has 0 aliphatic heterocycles. The van der Waals surface area contributed by atoms with Crippen molar-refractivity contribution in [1.29, 1.82) is 0 Å². The van der Waals surface area contributed by atoms with Gasteiger partial charge in [0.15, 0.2) is 0 Å². The smallest absolute Gasteiger partial charge is 0.311 e. The van der Waals surface area contributed by atoms with Crippen molar-refractivity contribution in [2.75, 3.05) is 0 Å². The predicted molar refractivity (Wildman–Crippen MR) is 108 cm³/mol. The first-order valence-electron chi connectivity index (χ1n) is 10.1. The number of aromatic amines is 2. The topological polar surface area (TPSA) is 65.7 Å². The highest BCUT2D eigenvalue weighted by Crippen LogP contribution is 2.40. The fraction of sp³-hybridized carbons (Fsp3) is 0.391. The molecule has 1 unspecified atom stereocenters. The molecule has 2 aliphatic carbocycles. The highest BCUT2D eigenvalue weighted by molar-refractivity contribution is 5.30. The Labute approximate surface area is 167 Å². The van der Waals surface area contributed by atoms with E-state index in [0.29, 0.717) is 23.1 Å². The molecule has 1 aromatic carbocycles. The van der Waals surface area contributed by atoms with Gasteiger partial charge in [0.2, 0.25) is 0 Å². The van der Waals surface area contributed by atoms with Crippen LogP contribution in [0.5, 0.6) is 0 Å². The van der Waals surface area contributed by atoms with Crippen LogP contribution in [0.15, 0.2) is 52.1 Å². The van der Waals surface area contributed by atoms with Gasteiger partial charge in [0.25, 0.3) is 5.56 Å². The van der Waals surface area contributed by atoms with Crippen LogP contribution in [0, 0.1) is 23.5 Å².